The largest absolute Gasteiger partial charge is 0.325 e. The smallest absolute Gasteiger partial charge is 0.313 e. The first-order valence-corrected chi connectivity index (χ1v) is 6.88. The molecule has 1 fully saturated rings. The van der Waals surface area contributed by atoms with Gasteiger partial charge in [0, 0.05) is 16.9 Å². The van der Waals surface area contributed by atoms with Crippen molar-refractivity contribution < 1.29 is 4.79 Å². The number of Topliss-reactive ketones (excluding diaryl/α,β-unsaturated/α-hetero) is 1. The predicted molar refractivity (Wildman–Crippen MR) is 71.3 cm³/mol. The average Bonchev–Trinajstić information content (AvgIpc) is 2.27. The molecule has 0 aliphatic carbocycles. The summed E-state index contributed by atoms with van der Waals surface area (Å²) in [6.45, 7) is 4.21. The van der Waals surface area contributed by atoms with Gasteiger partial charge in [-0.1, -0.05) is 13.8 Å². The molecular weight excluding hydrogens is 252 g/mol. The third-order valence-electron chi connectivity index (χ3n) is 3.15. The van der Waals surface area contributed by atoms with Crippen LogP contribution in [-0.4, -0.2) is 26.3 Å². The van der Waals surface area contributed by atoms with E-state index in [2.05, 4.69) is 23.8 Å². The summed E-state index contributed by atoms with van der Waals surface area (Å²) in [5.74, 6) is 0.624. The van der Waals surface area contributed by atoms with E-state index in [0.29, 0.717) is 0 Å². The number of thioether (sulfide) groups is 1. The van der Waals surface area contributed by atoms with Gasteiger partial charge in [-0.2, -0.15) is 11.8 Å². The highest BCUT2D eigenvalue weighted by atomic mass is 32.2. The van der Waals surface area contributed by atoms with Gasteiger partial charge in [0.05, 0.1) is 5.56 Å². The summed E-state index contributed by atoms with van der Waals surface area (Å²) < 4.78 is 0.0630. The number of hydrogen-bond donors (Lipinski definition) is 2. The van der Waals surface area contributed by atoms with Crippen LogP contribution in [0, 0.1) is 5.92 Å². The van der Waals surface area contributed by atoms with E-state index >= 15 is 0 Å². The van der Waals surface area contributed by atoms with Crippen molar-refractivity contribution in [3.8, 4) is 0 Å². The van der Waals surface area contributed by atoms with E-state index in [1.807, 2.05) is 11.8 Å². The minimum absolute atomic E-state index is 0.0577. The Morgan fingerprint density at radius 2 is 2.17 bits per heavy atom. The zero-order valence-electron chi connectivity index (χ0n) is 10.4. The molecule has 1 aliphatic rings. The molecule has 98 valence electrons. The van der Waals surface area contributed by atoms with Crippen molar-refractivity contribution in [1.29, 1.82) is 0 Å². The first kappa shape index (κ1) is 13.1. The van der Waals surface area contributed by atoms with Crippen LogP contribution < -0.4 is 11.2 Å². The molecule has 1 aromatic rings. The Balaban J connectivity index is 2.26. The van der Waals surface area contributed by atoms with Crippen LogP contribution in [0.1, 0.15) is 37.0 Å². The fourth-order valence-electron chi connectivity index (χ4n) is 2.27. The number of aromatic nitrogens is 2. The van der Waals surface area contributed by atoms with Gasteiger partial charge in [0.2, 0.25) is 0 Å². The second-order valence-electron chi connectivity index (χ2n) is 5.15. The fourth-order valence-corrected chi connectivity index (χ4v) is 3.54. The minimum Gasteiger partial charge on any atom is -0.313 e. The topological polar surface area (TPSA) is 82.8 Å². The van der Waals surface area contributed by atoms with Crippen LogP contribution in [0.2, 0.25) is 0 Å². The van der Waals surface area contributed by atoms with Crippen LogP contribution in [0.3, 0.4) is 0 Å². The maximum absolute atomic E-state index is 12.3. The van der Waals surface area contributed by atoms with Gasteiger partial charge in [-0.15, -0.1) is 0 Å². The highest BCUT2D eigenvalue weighted by Gasteiger charge is 2.33. The van der Waals surface area contributed by atoms with E-state index in [4.69, 9.17) is 0 Å². The molecule has 0 radical (unpaired) electrons. The number of carbonyl (C=O) groups is 1. The highest BCUT2D eigenvalue weighted by molar-refractivity contribution is 8.00. The second-order valence-corrected chi connectivity index (χ2v) is 6.95. The normalized spacial score (nSPS) is 22.7. The zero-order valence-corrected chi connectivity index (χ0v) is 11.2. The second kappa shape index (κ2) is 4.76. The predicted octanol–water partition coefficient (Wildman–Crippen LogP) is 1.17. The number of rotatable bonds is 2. The minimum atomic E-state index is -0.597. The highest BCUT2D eigenvalue weighted by Crippen LogP contribution is 2.39. The van der Waals surface area contributed by atoms with Gasteiger partial charge >= 0.3 is 5.69 Å². The molecule has 0 aromatic carbocycles. The number of hydrogen-bond acceptors (Lipinski definition) is 4. The summed E-state index contributed by atoms with van der Waals surface area (Å²) >= 11 is 1.85. The number of H-pyrrole nitrogens is 2. The van der Waals surface area contributed by atoms with Gasteiger partial charge in [-0.3, -0.25) is 14.6 Å². The van der Waals surface area contributed by atoms with Crippen LogP contribution in [0.15, 0.2) is 15.8 Å². The van der Waals surface area contributed by atoms with Crippen molar-refractivity contribution in [3.05, 3.63) is 32.6 Å². The van der Waals surface area contributed by atoms with Crippen molar-refractivity contribution in [2.45, 2.75) is 31.4 Å². The molecule has 1 unspecified atom stereocenters. The van der Waals surface area contributed by atoms with Gasteiger partial charge in [-0.25, -0.2) is 4.79 Å². The van der Waals surface area contributed by atoms with Crippen molar-refractivity contribution in [1.82, 2.24) is 9.97 Å². The van der Waals surface area contributed by atoms with E-state index in [1.54, 1.807) is 0 Å². The number of nitrogens with one attached hydrogen (secondary N) is 2. The fraction of sp³-hybridized carbons (Fsp3) is 0.583. The first-order valence-electron chi connectivity index (χ1n) is 5.89. The maximum atomic E-state index is 12.3. The molecule has 1 aromatic heterocycles. The lowest BCUT2D eigenvalue weighted by atomic mass is 9.87. The molecule has 0 bridgehead atoms. The summed E-state index contributed by atoms with van der Waals surface area (Å²) in [5, 5.41) is 0. The van der Waals surface area contributed by atoms with Gasteiger partial charge in [0.1, 0.15) is 0 Å². The van der Waals surface area contributed by atoms with Crippen LogP contribution in [0.5, 0.6) is 0 Å². The molecule has 2 rings (SSSR count). The lowest BCUT2D eigenvalue weighted by molar-refractivity contribution is 0.0899. The summed E-state index contributed by atoms with van der Waals surface area (Å²) in [6, 6.07) is 0. The zero-order chi connectivity index (χ0) is 13.3. The Morgan fingerprint density at radius 3 is 2.78 bits per heavy atom. The molecular formula is C12H16N2O3S. The number of ketones is 1. The lowest BCUT2D eigenvalue weighted by Gasteiger charge is -2.33. The summed E-state index contributed by atoms with van der Waals surface area (Å²) in [7, 11) is 0. The molecule has 1 atom stereocenters. The lowest BCUT2D eigenvalue weighted by Crippen LogP contribution is -2.35. The summed E-state index contributed by atoms with van der Waals surface area (Å²) in [6.07, 6.45) is 2.76. The van der Waals surface area contributed by atoms with Crippen LogP contribution >= 0.6 is 11.8 Å². The summed E-state index contributed by atoms with van der Waals surface area (Å²) in [5.41, 5.74) is -1.13. The molecule has 2 heterocycles. The molecule has 1 aliphatic heterocycles. The van der Waals surface area contributed by atoms with Crippen molar-refractivity contribution in [2.75, 3.05) is 5.75 Å². The van der Waals surface area contributed by atoms with E-state index in [-0.39, 0.29) is 22.0 Å². The Bertz CT molecular complexity index is 573. The molecule has 18 heavy (non-hydrogen) atoms. The molecule has 2 N–H and O–H groups in total. The van der Waals surface area contributed by atoms with Gasteiger partial charge in [0.15, 0.2) is 5.78 Å². The Hall–Kier alpha value is -1.30. The standard InChI is InChI=1S/C12H16N2O3S/c1-12(2)5-7(3-4-18-12)9(15)8-6-13-11(17)14-10(8)16/h6-7H,3-5H2,1-2H3,(H2,13,14,16,17). The quantitative estimate of drug-likeness (QED) is 0.789. The monoisotopic (exact) mass is 268 g/mol. The molecule has 1 saturated heterocycles. The third kappa shape index (κ3) is 2.75. The van der Waals surface area contributed by atoms with Crippen molar-refractivity contribution in [3.63, 3.8) is 0 Å². The molecule has 0 amide bonds. The Morgan fingerprint density at radius 1 is 1.44 bits per heavy atom. The van der Waals surface area contributed by atoms with E-state index in [9.17, 15) is 14.4 Å². The van der Waals surface area contributed by atoms with Crippen molar-refractivity contribution >= 4 is 17.5 Å². The van der Waals surface area contributed by atoms with Gasteiger partial charge in [-0.05, 0) is 18.6 Å². The molecule has 0 spiro atoms. The molecule has 5 nitrogen and oxygen atoms in total. The number of aromatic amines is 2. The molecule has 0 saturated carbocycles. The summed E-state index contributed by atoms with van der Waals surface area (Å²) in [4.78, 5) is 39.2. The van der Waals surface area contributed by atoms with E-state index in [0.717, 1.165) is 18.6 Å². The molecule has 6 heteroatoms. The van der Waals surface area contributed by atoms with Crippen LogP contribution in [-0.2, 0) is 0 Å². The third-order valence-corrected chi connectivity index (χ3v) is 4.54. The Labute approximate surface area is 108 Å². The van der Waals surface area contributed by atoms with Gasteiger partial charge in [0.25, 0.3) is 5.56 Å². The van der Waals surface area contributed by atoms with E-state index < -0.39 is 11.2 Å². The Kier molecular flexibility index (Phi) is 3.47. The first-order chi connectivity index (χ1) is 8.39. The SMILES string of the molecule is CC1(C)CC(C(=O)c2c[nH]c(=O)[nH]c2=O)CCS1. The van der Waals surface area contributed by atoms with Gasteiger partial charge < -0.3 is 4.98 Å². The van der Waals surface area contributed by atoms with E-state index in [1.165, 1.54) is 6.20 Å². The number of carbonyl (C=O) groups excluding carboxylic acids is 1. The maximum Gasteiger partial charge on any atom is 0.325 e. The van der Waals surface area contributed by atoms with Crippen LogP contribution in [0.25, 0.3) is 0 Å². The van der Waals surface area contributed by atoms with Crippen LogP contribution in [0.4, 0.5) is 0 Å². The van der Waals surface area contributed by atoms with Crippen molar-refractivity contribution in [2.24, 2.45) is 5.92 Å². The average molecular weight is 268 g/mol.